The van der Waals surface area contributed by atoms with Crippen molar-refractivity contribution in [3.05, 3.63) is 162 Å². The number of nitrogens with one attached hydrogen (secondary N) is 2. The van der Waals surface area contributed by atoms with Crippen LogP contribution in [0.15, 0.2) is 140 Å². The van der Waals surface area contributed by atoms with Crippen LogP contribution in [0.3, 0.4) is 0 Å². The van der Waals surface area contributed by atoms with Crippen molar-refractivity contribution in [2.75, 3.05) is 54.8 Å². The Morgan fingerprint density at radius 1 is 0.462 bits per heavy atom. The number of hydrogen-bond acceptors (Lipinski definition) is 7. The Hall–Kier alpha value is -6.30. The van der Waals surface area contributed by atoms with Crippen LogP contribution in [0.5, 0.6) is 0 Å². The van der Waals surface area contributed by atoms with Crippen LogP contribution in [-0.4, -0.2) is 94.6 Å². The minimum atomic E-state index is -0.511. The number of amides is 4. The largest absolute Gasteiger partial charge is 0.363 e. The first-order valence-electron chi connectivity index (χ1n) is 23.7. The number of carbonyl (C=O) groups is 4. The van der Waals surface area contributed by atoms with E-state index in [1.807, 2.05) is 127 Å². The lowest BCUT2D eigenvalue weighted by atomic mass is 10.0. The predicted molar refractivity (Wildman–Crippen MR) is 256 cm³/mol. The van der Waals surface area contributed by atoms with Gasteiger partial charge >= 0.3 is 0 Å². The van der Waals surface area contributed by atoms with Crippen molar-refractivity contribution >= 4 is 40.7 Å². The van der Waals surface area contributed by atoms with Crippen molar-refractivity contribution in [1.82, 2.24) is 19.6 Å². The van der Waals surface area contributed by atoms with E-state index in [-0.39, 0.29) is 35.7 Å². The molecule has 5 aromatic carbocycles. The second-order valence-electron chi connectivity index (χ2n) is 18.1. The summed E-state index contributed by atoms with van der Waals surface area (Å²) in [5, 5.41) is 6.25. The normalized spacial score (nSPS) is 19.8. The SMILES string of the molecule is O=C(Nc1ccc(CN(Cc2ccc(NC(=O)[C@@H]3CCCN3C(=O)[C@@H](c3ccccc3)N3CCCC3)cc2)c2ccccc2)cc1)C1CCCN1C(=O)[C@@H](c1ccccc1)N1CCCC1. The van der Waals surface area contributed by atoms with E-state index in [0.717, 1.165) is 92.6 Å². The Labute approximate surface area is 383 Å². The molecule has 4 aliphatic rings. The highest BCUT2D eigenvalue weighted by Crippen LogP contribution is 2.33. The van der Waals surface area contributed by atoms with Crippen LogP contribution < -0.4 is 15.5 Å². The molecule has 4 atom stereocenters. The fourth-order valence-corrected chi connectivity index (χ4v) is 10.4. The number of anilines is 3. The highest BCUT2D eigenvalue weighted by atomic mass is 16.2. The van der Waals surface area contributed by atoms with E-state index in [9.17, 15) is 19.2 Å². The number of likely N-dealkylation sites (tertiary alicyclic amines) is 4. The van der Waals surface area contributed by atoms with Crippen LogP contribution in [0.4, 0.5) is 17.1 Å². The molecule has 11 heteroatoms. The standard InChI is InChI=1S/C54H61N7O4/c62-51(47-22-14-36-60(47)53(64)49(57-32-10-11-33-57)42-16-4-1-5-17-42)55-44-28-24-40(25-29-44)38-59(46-20-8-3-9-21-46)39-41-26-30-45(31-27-41)56-52(63)48-23-15-37-61(48)54(65)50(58-34-12-13-35-58)43-18-6-2-7-19-43/h1-9,16-21,24-31,47-50H,10-15,22-23,32-39H2,(H,55,62)(H,56,63)/t47-,48?,49+,50+/m0/s1. The summed E-state index contributed by atoms with van der Waals surface area (Å²) in [7, 11) is 0. The molecule has 4 saturated heterocycles. The topological polar surface area (TPSA) is 109 Å². The zero-order valence-corrected chi connectivity index (χ0v) is 37.3. The molecule has 0 bridgehead atoms. The molecule has 4 aliphatic heterocycles. The van der Waals surface area contributed by atoms with Gasteiger partial charge in [0.2, 0.25) is 23.6 Å². The summed E-state index contributed by atoms with van der Waals surface area (Å²) in [6, 6.07) is 44.5. The van der Waals surface area contributed by atoms with Gasteiger partial charge in [-0.1, -0.05) is 103 Å². The number of carbonyl (C=O) groups excluding carboxylic acids is 4. The van der Waals surface area contributed by atoms with Gasteiger partial charge in [-0.15, -0.1) is 0 Å². The Morgan fingerprint density at radius 3 is 1.22 bits per heavy atom. The first-order chi connectivity index (χ1) is 31.9. The zero-order valence-electron chi connectivity index (χ0n) is 37.3. The van der Waals surface area contributed by atoms with Gasteiger partial charge in [0.1, 0.15) is 24.2 Å². The second-order valence-corrected chi connectivity index (χ2v) is 18.1. The van der Waals surface area contributed by atoms with Crippen LogP contribution >= 0.6 is 0 Å². The van der Waals surface area contributed by atoms with Crippen molar-refractivity contribution in [2.45, 2.75) is 88.6 Å². The molecule has 0 spiro atoms. The third kappa shape index (κ3) is 10.3. The molecule has 4 heterocycles. The molecule has 5 aromatic rings. The zero-order chi connectivity index (χ0) is 44.5. The van der Waals surface area contributed by atoms with E-state index in [2.05, 4.69) is 37.5 Å². The Balaban J connectivity index is 0.822. The summed E-state index contributed by atoms with van der Waals surface area (Å²) in [5.41, 5.74) is 6.61. The fourth-order valence-electron chi connectivity index (χ4n) is 10.4. The number of hydrogen-bond donors (Lipinski definition) is 2. The van der Waals surface area contributed by atoms with Crippen molar-refractivity contribution in [3.8, 4) is 0 Å². The van der Waals surface area contributed by atoms with Crippen molar-refractivity contribution in [3.63, 3.8) is 0 Å². The summed E-state index contributed by atoms with van der Waals surface area (Å²) < 4.78 is 0. The van der Waals surface area contributed by atoms with Gasteiger partial charge < -0.3 is 25.3 Å². The summed E-state index contributed by atoms with van der Waals surface area (Å²) in [6.07, 6.45) is 7.20. The fraction of sp³-hybridized carbons (Fsp3) is 0.370. The third-order valence-electron chi connectivity index (χ3n) is 13.7. The molecular formula is C54H61N7O4. The van der Waals surface area contributed by atoms with Crippen LogP contribution in [0.25, 0.3) is 0 Å². The Morgan fingerprint density at radius 2 is 0.831 bits per heavy atom. The van der Waals surface area contributed by atoms with E-state index in [4.69, 9.17) is 0 Å². The predicted octanol–water partition coefficient (Wildman–Crippen LogP) is 8.43. The maximum Gasteiger partial charge on any atom is 0.247 e. The molecular weight excluding hydrogens is 811 g/mol. The smallest absolute Gasteiger partial charge is 0.247 e. The summed E-state index contributed by atoms with van der Waals surface area (Å²) >= 11 is 0. The monoisotopic (exact) mass is 871 g/mol. The molecule has 9 rings (SSSR count). The molecule has 11 nitrogen and oxygen atoms in total. The molecule has 0 saturated carbocycles. The summed E-state index contributed by atoms with van der Waals surface area (Å²) in [6.45, 7) is 5.96. The quantitative estimate of drug-likeness (QED) is 0.109. The molecule has 0 aromatic heterocycles. The minimum absolute atomic E-state index is 0.0145. The van der Waals surface area contributed by atoms with Crippen LogP contribution in [0.1, 0.15) is 85.7 Å². The molecule has 4 amide bonds. The molecule has 1 unspecified atom stereocenters. The van der Waals surface area contributed by atoms with E-state index >= 15 is 0 Å². The first-order valence-corrected chi connectivity index (χ1v) is 23.7. The second kappa shape index (κ2) is 20.7. The van der Waals surface area contributed by atoms with Crippen LogP contribution in [0, 0.1) is 0 Å². The molecule has 336 valence electrons. The van der Waals surface area contributed by atoms with E-state index in [1.54, 1.807) is 9.80 Å². The maximum absolute atomic E-state index is 14.2. The Bertz CT molecular complexity index is 2220. The van der Waals surface area contributed by atoms with Gasteiger partial charge in [-0.3, -0.25) is 29.0 Å². The lowest BCUT2D eigenvalue weighted by Gasteiger charge is -2.33. The van der Waals surface area contributed by atoms with E-state index < -0.39 is 12.1 Å². The third-order valence-corrected chi connectivity index (χ3v) is 13.7. The van der Waals surface area contributed by atoms with Gasteiger partial charge in [0, 0.05) is 43.2 Å². The molecule has 2 N–H and O–H groups in total. The number of benzene rings is 5. The van der Waals surface area contributed by atoms with Crippen LogP contribution in [0.2, 0.25) is 0 Å². The van der Waals surface area contributed by atoms with Gasteiger partial charge in [-0.05, 0) is 136 Å². The van der Waals surface area contributed by atoms with Crippen molar-refractivity contribution in [1.29, 1.82) is 0 Å². The van der Waals surface area contributed by atoms with Gasteiger partial charge in [0.25, 0.3) is 0 Å². The molecule has 0 aliphatic carbocycles. The highest BCUT2D eigenvalue weighted by Gasteiger charge is 2.42. The average Bonchev–Trinajstić information content (AvgIpc) is 4.21. The van der Waals surface area contributed by atoms with Gasteiger partial charge in [-0.2, -0.15) is 0 Å². The molecule has 4 fully saturated rings. The summed E-state index contributed by atoms with van der Waals surface area (Å²) in [5.74, 6) is -0.266. The van der Waals surface area contributed by atoms with Gasteiger partial charge in [0.05, 0.1) is 0 Å². The lowest BCUT2D eigenvalue weighted by molar-refractivity contribution is -0.141. The number of rotatable bonds is 15. The lowest BCUT2D eigenvalue weighted by Crippen LogP contribution is -2.48. The average molecular weight is 872 g/mol. The van der Waals surface area contributed by atoms with Crippen molar-refractivity contribution in [2.24, 2.45) is 0 Å². The van der Waals surface area contributed by atoms with Crippen LogP contribution in [-0.2, 0) is 32.3 Å². The number of nitrogens with zero attached hydrogens (tertiary/aromatic N) is 5. The van der Waals surface area contributed by atoms with E-state index in [0.29, 0.717) is 50.4 Å². The van der Waals surface area contributed by atoms with E-state index in [1.165, 1.54) is 0 Å². The highest BCUT2D eigenvalue weighted by molar-refractivity contribution is 5.99. The van der Waals surface area contributed by atoms with Gasteiger partial charge in [0.15, 0.2) is 0 Å². The molecule has 65 heavy (non-hydrogen) atoms. The van der Waals surface area contributed by atoms with Gasteiger partial charge in [-0.25, -0.2) is 0 Å². The molecule has 0 radical (unpaired) electrons. The number of para-hydroxylation sites is 1. The maximum atomic E-state index is 14.2. The minimum Gasteiger partial charge on any atom is -0.363 e. The Kier molecular flexibility index (Phi) is 14.0. The van der Waals surface area contributed by atoms with Crippen molar-refractivity contribution < 1.29 is 19.2 Å². The summed E-state index contributed by atoms with van der Waals surface area (Å²) in [4.78, 5) is 66.5. The first kappa shape index (κ1) is 43.9.